The van der Waals surface area contributed by atoms with Gasteiger partial charge in [-0.15, -0.1) is 0 Å². The van der Waals surface area contributed by atoms with Gasteiger partial charge in [0, 0.05) is 23.1 Å². The highest BCUT2D eigenvalue weighted by Crippen LogP contribution is 2.33. The number of fused-ring (bicyclic) bond motifs is 1. The van der Waals surface area contributed by atoms with Crippen LogP contribution in [0.2, 0.25) is 5.02 Å². The quantitative estimate of drug-likeness (QED) is 0.625. The van der Waals surface area contributed by atoms with Crippen molar-refractivity contribution in [2.45, 2.75) is 26.1 Å². The molecule has 1 aromatic heterocycles. The van der Waals surface area contributed by atoms with Crippen LogP contribution in [-0.4, -0.2) is 17.2 Å². The van der Waals surface area contributed by atoms with Crippen LogP contribution >= 0.6 is 11.6 Å². The molecule has 0 amide bonds. The van der Waals surface area contributed by atoms with E-state index in [0.717, 1.165) is 23.3 Å². The predicted octanol–water partition coefficient (Wildman–Crippen LogP) is 4.68. The topological polar surface area (TPSA) is 61.6 Å². The van der Waals surface area contributed by atoms with E-state index in [1.807, 2.05) is 25.1 Å². The van der Waals surface area contributed by atoms with Crippen molar-refractivity contribution in [2.75, 3.05) is 0 Å². The SMILES string of the molecule is CC1Cc2cc(-c3cc(COC(=O)c4ccc(Cl)cc4)no3)ccc2O1. The van der Waals surface area contributed by atoms with E-state index >= 15 is 0 Å². The number of rotatable bonds is 4. The van der Waals surface area contributed by atoms with Crippen molar-refractivity contribution < 1.29 is 18.8 Å². The minimum absolute atomic E-state index is 0.0377. The van der Waals surface area contributed by atoms with E-state index in [0.29, 0.717) is 22.0 Å². The number of ether oxygens (including phenoxy) is 2. The number of esters is 1. The number of hydrogen-bond acceptors (Lipinski definition) is 5. The Morgan fingerprint density at radius 3 is 2.85 bits per heavy atom. The van der Waals surface area contributed by atoms with Gasteiger partial charge in [-0.25, -0.2) is 4.79 Å². The van der Waals surface area contributed by atoms with E-state index in [9.17, 15) is 4.79 Å². The fraction of sp³-hybridized carbons (Fsp3) is 0.200. The molecule has 1 unspecified atom stereocenters. The molecule has 0 fully saturated rings. The van der Waals surface area contributed by atoms with Crippen LogP contribution in [0, 0.1) is 0 Å². The van der Waals surface area contributed by atoms with Gasteiger partial charge in [0.25, 0.3) is 0 Å². The molecular formula is C20H16ClNO4. The maximum atomic E-state index is 12.0. The summed E-state index contributed by atoms with van der Waals surface area (Å²) in [6.45, 7) is 2.08. The van der Waals surface area contributed by atoms with E-state index in [-0.39, 0.29) is 12.7 Å². The number of benzene rings is 2. The molecule has 4 rings (SSSR count). The van der Waals surface area contributed by atoms with Crippen LogP contribution in [0.15, 0.2) is 53.1 Å². The lowest BCUT2D eigenvalue weighted by atomic mass is 10.1. The van der Waals surface area contributed by atoms with Gasteiger partial charge in [0.15, 0.2) is 5.76 Å². The van der Waals surface area contributed by atoms with Crippen molar-refractivity contribution >= 4 is 17.6 Å². The second-order valence-corrected chi connectivity index (χ2v) is 6.66. The summed E-state index contributed by atoms with van der Waals surface area (Å²) < 4.78 is 16.4. The smallest absolute Gasteiger partial charge is 0.338 e. The second kappa shape index (κ2) is 6.84. The molecule has 5 nitrogen and oxygen atoms in total. The van der Waals surface area contributed by atoms with Crippen LogP contribution in [0.1, 0.15) is 28.5 Å². The molecule has 0 bridgehead atoms. The molecule has 3 aromatic rings. The minimum Gasteiger partial charge on any atom is -0.490 e. The Bertz CT molecular complexity index is 949. The Balaban J connectivity index is 1.43. The summed E-state index contributed by atoms with van der Waals surface area (Å²) in [4.78, 5) is 12.0. The molecule has 132 valence electrons. The third kappa shape index (κ3) is 3.44. The number of hydrogen-bond donors (Lipinski definition) is 0. The highest BCUT2D eigenvalue weighted by Gasteiger charge is 2.20. The van der Waals surface area contributed by atoms with E-state index in [2.05, 4.69) is 5.16 Å². The lowest BCUT2D eigenvalue weighted by Gasteiger charge is -2.02. The Morgan fingerprint density at radius 1 is 1.23 bits per heavy atom. The molecule has 26 heavy (non-hydrogen) atoms. The number of halogens is 1. The first-order chi connectivity index (χ1) is 12.6. The Labute approximate surface area is 155 Å². The third-order valence-electron chi connectivity index (χ3n) is 4.17. The molecule has 1 aliphatic rings. The number of carbonyl (C=O) groups is 1. The van der Waals surface area contributed by atoms with Gasteiger partial charge in [0.05, 0.1) is 5.56 Å². The van der Waals surface area contributed by atoms with Gasteiger partial charge in [-0.3, -0.25) is 0 Å². The fourth-order valence-electron chi connectivity index (χ4n) is 2.90. The molecule has 0 saturated carbocycles. The zero-order valence-electron chi connectivity index (χ0n) is 14.1. The maximum Gasteiger partial charge on any atom is 0.338 e. The summed E-state index contributed by atoms with van der Waals surface area (Å²) in [5, 5.41) is 4.54. The van der Waals surface area contributed by atoms with Crippen LogP contribution in [0.3, 0.4) is 0 Å². The van der Waals surface area contributed by atoms with Crippen molar-refractivity contribution in [1.29, 1.82) is 0 Å². The van der Waals surface area contributed by atoms with Gasteiger partial charge >= 0.3 is 5.97 Å². The van der Waals surface area contributed by atoms with Crippen LogP contribution in [0.5, 0.6) is 5.75 Å². The highest BCUT2D eigenvalue weighted by atomic mass is 35.5. The molecule has 2 aromatic carbocycles. The predicted molar refractivity (Wildman–Crippen MR) is 96.3 cm³/mol. The molecule has 1 aliphatic heterocycles. The molecule has 0 radical (unpaired) electrons. The third-order valence-corrected chi connectivity index (χ3v) is 4.42. The molecule has 2 heterocycles. The number of nitrogens with zero attached hydrogens (tertiary/aromatic N) is 1. The Kier molecular flexibility index (Phi) is 4.39. The molecule has 0 N–H and O–H groups in total. The molecule has 0 aliphatic carbocycles. The summed E-state index contributed by atoms with van der Waals surface area (Å²) >= 11 is 5.81. The summed E-state index contributed by atoms with van der Waals surface area (Å²) in [5.41, 5.74) is 3.06. The van der Waals surface area contributed by atoms with E-state index in [1.54, 1.807) is 30.3 Å². The van der Waals surface area contributed by atoms with Gasteiger partial charge in [-0.1, -0.05) is 16.8 Å². The zero-order valence-corrected chi connectivity index (χ0v) is 14.8. The highest BCUT2D eigenvalue weighted by molar-refractivity contribution is 6.30. The summed E-state index contributed by atoms with van der Waals surface area (Å²) in [5.74, 6) is 1.11. The average molecular weight is 370 g/mol. The molecule has 0 spiro atoms. The van der Waals surface area contributed by atoms with Crippen molar-refractivity contribution in [1.82, 2.24) is 5.16 Å². The lowest BCUT2D eigenvalue weighted by Crippen LogP contribution is -2.05. The van der Waals surface area contributed by atoms with E-state index in [4.69, 9.17) is 25.6 Å². The average Bonchev–Trinajstić information content (AvgIpc) is 3.25. The number of aromatic nitrogens is 1. The second-order valence-electron chi connectivity index (χ2n) is 6.22. The maximum absolute atomic E-state index is 12.0. The van der Waals surface area contributed by atoms with Gasteiger partial charge in [-0.05, 0) is 55.0 Å². The largest absolute Gasteiger partial charge is 0.490 e. The Hall–Kier alpha value is -2.79. The van der Waals surface area contributed by atoms with Crippen molar-refractivity contribution in [3.63, 3.8) is 0 Å². The van der Waals surface area contributed by atoms with Gasteiger partial charge in [0.1, 0.15) is 24.2 Å². The van der Waals surface area contributed by atoms with Gasteiger partial charge in [-0.2, -0.15) is 0 Å². The Morgan fingerprint density at radius 2 is 2.04 bits per heavy atom. The van der Waals surface area contributed by atoms with Crippen molar-refractivity contribution in [3.05, 3.63) is 70.4 Å². The van der Waals surface area contributed by atoms with Crippen LogP contribution in [0.4, 0.5) is 0 Å². The summed E-state index contributed by atoms with van der Waals surface area (Å²) in [6.07, 6.45) is 1.07. The number of carbonyl (C=O) groups excluding carboxylic acids is 1. The first kappa shape index (κ1) is 16.7. The standard InChI is InChI=1S/C20H16ClNO4/c1-12-8-15-9-14(4-7-18(15)25-12)19-10-17(22-26-19)11-24-20(23)13-2-5-16(21)6-3-13/h2-7,9-10,12H,8,11H2,1H3. The van der Waals surface area contributed by atoms with E-state index < -0.39 is 5.97 Å². The molecule has 1 atom stereocenters. The van der Waals surface area contributed by atoms with Crippen LogP contribution in [0.25, 0.3) is 11.3 Å². The molecular weight excluding hydrogens is 354 g/mol. The van der Waals surface area contributed by atoms with Crippen LogP contribution in [-0.2, 0) is 17.8 Å². The van der Waals surface area contributed by atoms with Gasteiger partial charge in [0.2, 0.25) is 0 Å². The van der Waals surface area contributed by atoms with Crippen molar-refractivity contribution in [2.24, 2.45) is 0 Å². The molecule has 0 saturated heterocycles. The monoisotopic (exact) mass is 369 g/mol. The van der Waals surface area contributed by atoms with Crippen LogP contribution < -0.4 is 4.74 Å². The van der Waals surface area contributed by atoms with Gasteiger partial charge < -0.3 is 14.0 Å². The van der Waals surface area contributed by atoms with Crippen molar-refractivity contribution in [3.8, 4) is 17.1 Å². The minimum atomic E-state index is -0.435. The first-order valence-corrected chi connectivity index (χ1v) is 8.64. The van der Waals surface area contributed by atoms with E-state index in [1.165, 1.54) is 0 Å². The molecule has 6 heteroatoms. The zero-order chi connectivity index (χ0) is 18.1. The lowest BCUT2D eigenvalue weighted by molar-refractivity contribution is 0.0464. The first-order valence-electron chi connectivity index (χ1n) is 8.27. The summed E-state index contributed by atoms with van der Waals surface area (Å²) in [7, 11) is 0. The summed E-state index contributed by atoms with van der Waals surface area (Å²) in [6, 6.07) is 14.2. The fourth-order valence-corrected chi connectivity index (χ4v) is 3.03. The normalized spacial score (nSPS) is 15.4.